The smallest absolute Gasteiger partial charge is 0.0722 e. The summed E-state index contributed by atoms with van der Waals surface area (Å²) in [5.74, 6) is 0.163. The van der Waals surface area contributed by atoms with E-state index >= 15 is 0 Å². The Kier molecular flexibility index (Phi) is 3.54. The summed E-state index contributed by atoms with van der Waals surface area (Å²) in [4.78, 5) is 4.85. The maximum atomic E-state index is 4.85. The van der Waals surface area contributed by atoms with Crippen LogP contribution in [-0.2, 0) is 5.41 Å². The van der Waals surface area contributed by atoms with E-state index in [-0.39, 0.29) is 11.3 Å². The Morgan fingerprint density at radius 1 is 1.26 bits per heavy atom. The van der Waals surface area contributed by atoms with Gasteiger partial charge in [-0.3, -0.25) is 4.99 Å². The normalized spacial score (nSPS) is 27.6. The van der Waals surface area contributed by atoms with E-state index in [0.717, 1.165) is 12.3 Å². The molecule has 1 spiro atoms. The number of rotatable bonds is 2. The van der Waals surface area contributed by atoms with Crippen LogP contribution in [0.2, 0.25) is 0 Å². The number of hydrogen-bond acceptors (Lipinski definition) is 2. The van der Waals surface area contributed by atoms with Crippen molar-refractivity contribution in [3.05, 3.63) is 114 Å². The van der Waals surface area contributed by atoms with E-state index in [9.17, 15) is 0 Å². The van der Waals surface area contributed by atoms with Gasteiger partial charge in [-0.15, -0.1) is 0 Å². The van der Waals surface area contributed by atoms with Crippen molar-refractivity contribution in [1.29, 1.82) is 0 Å². The number of nitrogens with one attached hydrogen (secondary N) is 1. The fourth-order valence-corrected chi connectivity index (χ4v) is 5.12. The van der Waals surface area contributed by atoms with E-state index in [2.05, 4.69) is 79.5 Å². The predicted octanol–water partition coefficient (Wildman–Crippen LogP) is 5.02. The van der Waals surface area contributed by atoms with Gasteiger partial charge >= 0.3 is 0 Å². The van der Waals surface area contributed by atoms with Crippen molar-refractivity contribution in [3.63, 3.8) is 0 Å². The molecule has 4 aliphatic rings. The van der Waals surface area contributed by atoms with E-state index in [0.29, 0.717) is 0 Å². The standard InChI is InChI=1S/C25H22N2/c1-3-4-11-19-17(2)18-10-5-6-12-20(18)25(19)21-13-7-8-15-26-23(21)24-22(25)14-9-16-27-24/h3-15,21,27H,1,16H2,2H3/b11-4-. The highest BCUT2D eigenvalue weighted by atomic mass is 14.9. The van der Waals surface area contributed by atoms with Crippen LogP contribution < -0.4 is 5.32 Å². The monoisotopic (exact) mass is 350 g/mol. The Labute approximate surface area is 160 Å². The van der Waals surface area contributed by atoms with Gasteiger partial charge < -0.3 is 5.32 Å². The molecule has 0 saturated carbocycles. The molecule has 1 aromatic carbocycles. The summed E-state index contributed by atoms with van der Waals surface area (Å²) in [5, 5.41) is 3.61. The second kappa shape index (κ2) is 5.95. The molecule has 0 radical (unpaired) electrons. The molecule has 2 unspecified atom stereocenters. The molecule has 0 saturated heterocycles. The fourth-order valence-electron chi connectivity index (χ4n) is 5.12. The quantitative estimate of drug-likeness (QED) is 0.744. The van der Waals surface area contributed by atoms with Crippen LogP contribution in [0.3, 0.4) is 0 Å². The van der Waals surface area contributed by atoms with Gasteiger partial charge in [-0.2, -0.15) is 0 Å². The van der Waals surface area contributed by atoms with Gasteiger partial charge in [0.25, 0.3) is 0 Å². The third-order valence-corrected chi connectivity index (χ3v) is 6.09. The zero-order valence-electron chi connectivity index (χ0n) is 15.4. The van der Waals surface area contributed by atoms with Gasteiger partial charge in [-0.05, 0) is 40.8 Å². The fraction of sp³-hybridized carbons (Fsp3) is 0.160. The average Bonchev–Trinajstić information content (AvgIpc) is 2.97. The lowest BCUT2D eigenvalue weighted by atomic mass is 9.65. The van der Waals surface area contributed by atoms with Crippen molar-refractivity contribution >= 4 is 11.3 Å². The van der Waals surface area contributed by atoms with Crippen molar-refractivity contribution in [3.8, 4) is 0 Å². The molecule has 0 fully saturated rings. The van der Waals surface area contributed by atoms with Crippen molar-refractivity contribution in [1.82, 2.24) is 5.32 Å². The molecule has 0 aromatic heterocycles. The number of aliphatic imine (C=N–C) groups is 1. The molecule has 5 rings (SSSR count). The lowest BCUT2D eigenvalue weighted by Crippen LogP contribution is -2.35. The summed E-state index contributed by atoms with van der Waals surface area (Å²) >= 11 is 0. The lowest BCUT2D eigenvalue weighted by molar-refractivity contribution is 0.574. The number of benzene rings is 1. The SMILES string of the molecule is C=C/C=C\C1=C(C)c2ccccc2C12C1=C(NCC=C1)C1=NC=CC=CC12. The van der Waals surface area contributed by atoms with Gasteiger partial charge in [0.1, 0.15) is 0 Å². The number of allylic oxidation sites excluding steroid dienone is 11. The van der Waals surface area contributed by atoms with Gasteiger partial charge in [-0.1, -0.05) is 73.4 Å². The third kappa shape index (κ3) is 1.98. The topological polar surface area (TPSA) is 24.4 Å². The predicted molar refractivity (Wildman–Crippen MR) is 113 cm³/mol. The first-order chi connectivity index (χ1) is 13.3. The highest BCUT2D eigenvalue weighted by molar-refractivity contribution is 6.11. The molecule has 2 nitrogen and oxygen atoms in total. The molecule has 0 bridgehead atoms. The van der Waals surface area contributed by atoms with E-state index in [1.54, 1.807) is 0 Å². The minimum atomic E-state index is -0.249. The molecule has 2 atom stereocenters. The largest absolute Gasteiger partial charge is 0.380 e. The van der Waals surface area contributed by atoms with Crippen LogP contribution in [0.25, 0.3) is 5.57 Å². The van der Waals surface area contributed by atoms with Crippen LogP contribution >= 0.6 is 0 Å². The number of nitrogens with zero attached hydrogens (tertiary/aromatic N) is 1. The van der Waals surface area contributed by atoms with Crippen LogP contribution in [0.1, 0.15) is 18.1 Å². The van der Waals surface area contributed by atoms with E-state index in [4.69, 9.17) is 4.99 Å². The van der Waals surface area contributed by atoms with Gasteiger partial charge in [-0.25, -0.2) is 0 Å². The average molecular weight is 350 g/mol. The zero-order valence-corrected chi connectivity index (χ0v) is 15.4. The van der Waals surface area contributed by atoms with Crippen molar-refractivity contribution < 1.29 is 0 Å². The zero-order chi connectivity index (χ0) is 18.4. The Balaban J connectivity index is 1.90. The van der Waals surface area contributed by atoms with Gasteiger partial charge in [0.2, 0.25) is 0 Å². The first-order valence-corrected chi connectivity index (χ1v) is 9.47. The summed E-state index contributed by atoms with van der Waals surface area (Å²) in [6.07, 6.45) is 19.1. The summed E-state index contributed by atoms with van der Waals surface area (Å²) < 4.78 is 0. The highest BCUT2D eigenvalue weighted by Crippen LogP contribution is 2.60. The van der Waals surface area contributed by atoms with E-state index in [1.807, 2.05) is 18.4 Å². The van der Waals surface area contributed by atoms with Crippen molar-refractivity contribution in [2.75, 3.05) is 6.54 Å². The van der Waals surface area contributed by atoms with Crippen LogP contribution in [-0.4, -0.2) is 12.3 Å². The first-order valence-electron chi connectivity index (χ1n) is 9.47. The third-order valence-electron chi connectivity index (χ3n) is 6.09. The summed E-state index contributed by atoms with van der Waals surface area (Å²) in [6, 6.07) is 8.82. The Hall–Kier alpha value is -3.13. The minimum absolute atomic E-state index is 0.163. The molecule has 2 heterocycles. The summed E-state index contributed by atoms with van der Waals surface area (Å²) in [7, 11) is 0. The molecule has 1 aromatic rings. The maximum Gasteiger partial charge on any atom is 0.0722 e. The van der Waals surface area contributed by atoms with E-state index in [1.165, 1.54) is 33.5 Å². The van der Waals surface area contributed by atoms with Crippen LogP contribution in [0, 0.1) is 5.92 Å². The van der Waals surface area contributed by atoms with Crippen molar-refractivity contribution in [2.45, 2.75) is 12.3 Å². The molecule has 2 aliphatic carbocycles. The highest BCUT2D eigenvalue weighted by Gasteiger charge is 2.57. The van der Waals surface area contributed by atoms with Gasteiger partial charge in [0.05, 0.1) is 16.8 Å². The number of hydrogen-bond donors (Lipinski definition) is 1. The van der Waals surface area contributed by atoms with Crippen LogP contribution in [0.5, 0.6) is 0 Å². The Morgan fingerprint density at radius 2 is 2.15 bits per heavy atom. The molecule has 2 heteroatoms. The molecule has 1 N–H and O–H groups in total. The molecule has 132 valence electrons. The van der Waals surface area contributed by atoms with Crippen molar-refractivity contribution in [2.24, 2.45) is 10.9 Å². The number of dihydropyridines is 1. The molecule has 27 heavy (non-hydrogen) atoms. The van der Waals surface area contributed by atoms with Gasteiger partial charge in [0, 0.05) is 18.7 Å². The molecule has 2 aliphatic heterocycles. The lowest BCUT2D eigenvalue weighted by Gasteiger charge is -2.35. The summed E-state index contributed by atoms with van der Waals surface area (Å²) in [6.45, 7) is 6.98. The maximum absolute atomic E-state index is 4.85. The second-order valence-electron chi connectivity index (χ2n) is 7.28. The van der Waals surface area contributed by atoms with Crippen LogP contribution in [0.4, 0.5) is 0 Å². The number of fused-ring (bicyclic) bond motifs is 6. The van der Waals surface area contributed by atoms with Gasteiger partial charge in [0.15, 0.2) is 0 Å². The first kappa shape index (κ1) is 16.1. The Morgan fingerprint density at radius 3 is 3.04 bits per heavy atom. The molecular weight excluding hydrogens is 328 g/mol. The minimum Gasteiger partial charge on any atom is -0.380 e. The second-order valence-corrected chi connectivity index (χ2v) is 7.28. The van der Waals surface area contributed by atoms with E-state index < -0.39 is 0 Å². The molecular formula is C25H22N2. The Bertz CT molecular complexity index is 1060. The molecule has 0 amide bonds. The summed E-state index contributed by atoms with van der Waals surface area (Å²) in [5.41, 5.74) is 8.77. The van der Waals surface area contributed by atoms with Crippen LogP contribution in [0.15, 0.2) is 107 Å².